The van der Waals surface area contributed by atoms with Crippen LogP contribution >= 0.6 is 11.6 Å². The van der Waals surface area contributed by atoms with E-state index in [2.05, 4.69) is 30.9 Å². The zero-order chi connectivity index (χ0) is 16.6. The van der Waals surface area contributed by atoms with Crippen LogP contribution in [0.25, 0.3) is 11.3 Å². The number of hydrogen-bond acceptors (Lipinski definition) is 4. The number of rotatable bonds is 4. The van der Waals surface area contributed by atoms with E-state index in [-0.39, 0.29) is 5.92 Å². The summed E-state index contributed by atoms with van der Waals surface area (Å²) in [4.78, 5) is 8.91. The summed E-state index contributed by atoms with van der Waals surface area (Å²) in [6.07, 6.45) is 7.16. The minimum Gasteiger partial charge on any atom is -0.447 e. The van der Waals surface area contributed by atoms with E-state index in [1.54, 1.807) is 29.4 Å². The summed E-state index contributed by atoms with van der Waals surface area (Å²) in [5.74, 6) is 0.932. The average Bonchev–Trinajstić information content (AvgIpc) is 3.16. The van der Waals surface area contributed by atoms with Gasteiger partial charge in [-0.05, 0) is 24.5 Å². The summed E-state index contributed by atoms with van der Waals surface area (Å²) >= 11 is 5.91. The molecule has 23 heavy (non-hydrogen) atoms. The molecule has 1 unspecified atom stereocenters. The van der Waals surface area contributed by atoms with Gasteiger partial charge in [0, 0.05) is 25.0 Å². The van der Waals surface area contributed by atoms with E-state index in [0.717, 1.165) is 16.8 Å². The molecule has 3 aromatic heterocycles. The van der Waals surface area contributed by atoms with Gasteiger partial charge in [0.05, 0.1) is 11.6 Å². The fraction of sp³-hybridized carbons (Fsp3) is 0.353. The summed E-state index contributed by atoms with van der Waals surface area (Å²) in [5.41, 5.74) is 2.35. The van der Waals surface area contributed by atoms with E-state index < -0.39 is 5.41 Å². The lowest BCUT2D eigenvalue weighted by molar-refractivity contribution is 0.312. The molecule has 6 heteroatoms. The molecule has 0 amide bonds. The maximum absolute atomic E-state index is 5.91. The highest BCUT2D eigenvalue weighted by Gasteiger charge is 2.38. The highest BCUT2D eigenvalue weighted by Crippen LogP contribution is 2.39. The van der Waals surface area contributed by atoms with Gasteiger partial charge in [-0.1, -0.05) is 31.5 Å². The number of pyridine rings is 1. The Labute approximate surface area is 140 Å². The molecule has 3 heterocycles. The van der Waals surface area contributed by atoms with Crippen molar-refractivity contribution in [3.63, 3.8) is 0 Å². The largest absolute Gasteiger partial charge is 0.447 e. The highest BCUT2D eigenvalue weighted by atomic mass is 35.5. The molecule has 0 aliphatic rings. The summed E-state index contributed by atoms with van der Waals surface area (Å²) in [7, 11) is 1.88. The van der Waals surface area contributed by atoms with Gasteiger partial charge in [0.1, 0.15) is 17.1 Å². The Bertz CT molecular complexity index is 806. The van der Waals surface area contributed by atoms with Gasteiger partial charge in [-0.25, -0.2) is 9.97 Å². The maximum Gasteiger partial charge on any atom is 0.205 e. The van der Waals surface area contributed by atoms with Gasteiger partial charge in [-0.2, -0.15) is 5.10 Å². The van der Waals surface area contributed by atoms with Gasteiger partial charge in [0.2, 0.25) is 5.89 Å². The molecule has 0 radical (unpaired) electrons. The van der Waals surface area contributed by atoms with E-state index in [1.165, 1.54) is 0 Å². The Balaban J connectivity index is 2.05. The van der Waals surface area contributed by atoms with Crippen molar-refractivity contribution < 1.29 is 4.42 Å². The monoisotopic (exact) mass is 330 g/mol. The van der Waals surface area contributed by atoms with Crippen molar-refractivity contribution >= 4 is 11.6 Å². The number of hydrogen-bond donors (Lipinski definition) is 0. The topological polar surface area (TPSA) is 56.7 Å². The number of oxazole rings is 1. The Hall–Kier alpha value is -2.14. The van der Waals surface area contributed by atoms with Gasteiger partial charge in [0.15, 0.2) is 0 Å². The predicted octanol–water partition coefficient (Wildman–Crippen LogP) is 4.09. The number of halogens is 1. The highest BCUT2D eigenvalue weighted by molar-refractivity contribution is 6.29. The predicted molar refractivity (Wildman–Crippen MR) is 89.2 cm³/mol. The normalized spacial score (nSPS) is 14.2. The van der Waals surface area contributed by atoms with Crippen LogP contribution in [0.2, 0.25) is 5.15 Å². The third-order valence-corrected chi connectivity index (χ3v) is 4.65. The van der Waals surface area contributed by atoms with Gasteiger partial charge < -0.3 is 4.42 Å². The number of aryl methyl sites for hydroxylation is 1. The Kier molecular flexibility index (Phi) is 3.98. The van der Waals surface area contributed by atoms with Crippen LogP contribution in [0.1, 0.15) is 32.2 Å². The molecule has 5 nitrogen and oxygen atoms in total. The molecular weight excluding hydrogens is 312 g/mol. The minimum atomic E-state index is -0.391. The van der Waals surface area contributed by atoms with E-state index in [0.29, 0.717) is 11.0 Å². The molecule has 3 rings (SSSR count). The van der Waals surface area contributed by atoms with Gasteiger partial charge in [0.25, 0.3) is 0 Å². The van der Waals surface area contributed by atoms with Crippen molar-refractivity contribution in [2.75, 3.05) is 0 Å². The van der Waals surface area contributed by atoms with Crippen molar-refractivity contribution in [1.82, 2.24) is 19.7 Å². The molecule has 0 aromatic carbocycles. The molecule has 0 aliphatic heterocycles. The van der Waals surface area contributed by atoms with Crippen LogP contribution in [-0.2, 0) is 12.5 Å². The summed E-state index contributed by atoms with van der Waals surface area (Å²) in [5, 5.41) is 4.65. The lowest BCUT2D eigenvalue weighted by Gasteiger charge is -2.30. The SMILES string of the molecule is CC(C)C(C)(c1ccc(Cl)nc1)c1nc(-c2cnn(C)c2)co1. The van der Waals surface area contributed by atoms with Crippen LogP contribution < -0.4 is 0 Å². The van der Waals surface area contributed by atoms with Crippen LogP contribution in [0.4, 0.5) is 0 Å². The number of nitrogens with zero attached hydrogens (tertiary/aromatic N) is 4. The third-order valence-electron chi connectivity index (χ3n) is 4.43. The van der Waals surface area contributed by atoms with Crippen LogP contribution in [0.15, 0.2) is 41.4 Å². The molecule has 120 valence electrons. The second-order valence-corrected chi connectivity index (χ2v) is 6.55. The first kappa shape index (κ1) is 15.7. The van der Waals surface area contributed by atoms with Crippen molar-refractivity contribution in [3.8, 4) is 11.3 Å². The second-order valence-electron chi connectivity index (χ2n) is 6.17. The minimum absolute atomic E-state index is 0.269. The van der Waals surface area contributed by atoms with Crippen LogP contribution in [0.5, 0.6) is 0 Å². The first-order valence-electron chi connectivity index (χ1n) is 7.48. The first-order chi connectivity index (χ1) is 10.9. The van der Waals surface area contributed by atoms with Gasteiger partial charge >= 0.3 is 0 Å². The summed E-state index contributed by atoms with van der Waals surface area (Å²) in [6.45, 7) is 6.40. The lowest BCUT2D eigenvalue weighted by atomic mass is 9.74. The Morgan fingerprint density at radius 2 is 2.04 bits per heavy atom. The third kappa shape index (κ3) is 2.77. The van der Waals surface area contributed by atoms with E-state index >= 15 is 0 Å². The molecule has 0 fully saturated rings. The van der Waals surface area contributed by atoms with Crippen LogP contribution in [0, 0.1) is 5.92 Å². The first-order valence-corrected chi connectivity index (χ1v) is 7.86. The smallest absolute Gasteiger partial charge is 0.205 e. The maximum atomic E-state index is 5.91. The molecule has 0 spiro atoms. The molecule has 0 aliphatic carbocycles. The molecule has 0 N–H and O–H groups in total. The van der Waals surface area contributed by atoms with Crippen molar-refractivity contribution in [2.45, 2.75) is 26.2 Å². The van der Waals surface area contributed by atoms with Crippen molar-refractivity contribution in [2.24, 2.45) is 13.0 Å². The Morgan fingerprint density at radius 1 is 1.26 bits per heavy atom. The number of aromatic nitrogens is 4. The molecule has 1 atom stereocenters. The van der Waals surface area contributed by atoms with E-state index in [1.807, 2.05) is 19.3 Å². The quantitative estimate of drug-likeness (QED) is 0.676. The van der Waals surface area contributed by atoms with Crippen molar-refractivity contribution in [3.05, 3.63) is 53.6 Å². The zero-order valence-electron chi connectivity index (χ0n) is 13.6. The second kappa shape index (κ2) is 5.81. The molecule has 3 aromatic rings. The molecule has 0 saturated heterocycles. The molecule has 0 saturated carbocycles. The van der Waals surface area contributed by atoms with Crippen molar-refractivity contribution in [1.29, 1.82) is 0 Å². The van der Waals surface area contributed by atoms with Gasteiger partial charge in [-0.3, -0.25) is 4.68 Å². The fourth-order valence-electron chi connectivity index (χ4n) is 2.59. The summed E-state index contributed by atoms with van der Waals surface area (Å²) in [6, 6.07) is 3.77. The van der Waals surface area contributed by atoms with Gasteiger partial charge in [-0.15, -0.1) is 0 Å². The van der Waals surface area contributed by atoms with Crippen LogP contribution in [0.3, 0.4) is 0 Å². The Morgan fingerprint density at radius 3 is 2.61 bits per heavy atom. The molecular formula is C17H19ClN4O. The molecule has 0 bridgehead atoms. The van der Waals surface area contributed by atoms with E-state index in [9.17, 15) is 0 Å². The standard InChI is InChI=1S/C17H19ClN4O/c1-11(2)17(3,13-5-6-15(18)19-8-13)16-21-14(10-23-16)12-7-20-22(4)9-12/h5-11H,1-4H3. The lowest BCUT2D eigenvalue weighted by Crippen LogP contribution is -2.30. The van der Waals surface area contributed by atoms with E-state index in [4.69, 9.17) is 21.0 Å². The zero-order valence-corrected chi connectivity index (χ0v) is 14.4. The van der Waals surface area contributed by atoms with Crippen LogP contribution in [-0.4, -0.2) is 19.7 Å². The fourth-order valence-corrected chi connectivity index (χ4v) is 2.70. The average molecular weight is 331 g/mol. The summed E-state index contributed by atoms with van der Waals surface area (Å²) < 4.78 is 7.58.